The van der Waals surface area contributed by atoms with Gasteiger partial charge in [-0.2, -0.15) is 0 Å². The Morgan fingerprint density at radius 1 is 0.469 bits per heavy atom. The molecule has 11 nitrogen and oxygen atoms in total. The number of carbonyl (C=O) groups is 2. The number of carbonyl (C=O) groups excluding carboxylic acids is 2. The Hall–Kier alpha value is -2.12. The first kappa shape index (κ1) is 76.9. The summed E-state index contributed by atoms with van der Waals surface area (Å²) in [6.07, 6.45) is 60.3. The lowest BCUT2D eigenvalue weighted by atomic mass is 9.99. The van der Waals surface area contributed by atoms with Gasteiger partial charge in [-0.1, -0.05) is 288 Å². The van der Waals surface area contributed by atoms with Gasteiger partial charge in [0.1, 0.15) is 24.4 Å². The molecule has 0 aliphatic carbocycles. The largest absolute Gasteiger partial charge is 0.454 e. The molecule has 1 aliphatic rings. The summed E-state index contributed by atoms with van der Waals surface area (Å²) in [6.45, 7) is 5.83. The smallest absolute Gasteiger partial charge is 0.306 e. The van der Waals surface area contributed by atoms with Crippen LogP contribution < -0.4 is 5.32 Å². The maximum absolute atomic E-state index is 13.5. The van der Waals surface area contributed by atoms with E-state index in [1.165, 1.54) is 231 Å². The second-order valence-corrected chi connectivity index (χ2v) is 24.3. The van der Waals surface area contributed by atoms with Crippen molar-refractivity contribution < 1.29 is 49.3 Å². The van der Waals surface area contributed by atoms with Crippen molar-refractivity contribution in [3.63, 3.8) is 0 Å². The highest BCUT2D eigenvalue weighted by atomic mass is 16.7. The van der Waals surface area contributed by atoms with Crippen LogP contribution in [0.4, 0.5) is 0 Å². The lowest BCUT2D eigenvalue weighted by molar-refractivity contribution is -0.305. The number of amides is 1. The van der Waals surface area contributed by atoms with E-state index in [1.54, 1.807) is 6.08 Å². The molecule has 0 aromatic heterocycles. The Morgan fingerprint density at radius 3 is 1.20 bits per heavy atom. The molecule has 1 rings (SSSR count). The van der Waals surface area contributed by atoms with Crippen molar-refractivity contribution >= 4 is 11.9 Å². The van der Waals surface area contributed by atoms with Crippen molar-refractivity contribution in [1.29, 1.82) is 0 Å². The van der Waals surface area contributed by atoms with Gasteiger partial charge in [0.05, 0.1) is 25.4 Å². The number of hydrogen-bond acceptors (Lipinski definition) is 10. The third kappa shape index (κ3) is 45.9. The first-order valence-electron chi connectivity index (χ1n) is 34.8. The lowest BCUT2D eigenvalue weighted by Crippen LogP contribution is -2.61. The number of unbranched alkanes of at least 4 members (excludes halogenated alkanes) is 42. The Bertz CT molecular complexity index is 1460. The molecule has 0 radical (unpaired) electrons. The zero-order valence-electron chi connectivity index (χ0n) is 52.9. The van der Waals surface area contributed by atoms with Gasteiger partial charge in [-0.05, 0) is 77.0 Å². The molecule has 1 heterocycles. The molecular weight excluding hydrogens is 1010 g/mol. The summed E-state index contributed by atoms with van der Waals surface area (Å²) in [6, 6.07) is -1.02. The van der Waals surface area contributed by atoms with Gasteiger partial charge in [-0.15, -0.1) is 0 Å². The minimum absolute atomic E-state index is 0.124. The van der Waals surface area contributed by atoms with Crippen LogP contribution >= 0.6 is 0 Å². The number of rotatable bonds is 60. The van der Waals surface area contributed by atoms with Gasteiger partial charge in [0.15, 0.2) is 12.4 Å². The Morgan fingerprint density at radius 2 is 0.815 bits per heavy atom. The average Bonchev–Trinajstić information content (AvgIpc) is 3.46. The van der Waals surface area contributed by atoms with E-state index in [0.29, 0.717) is 19.3 Å². The van der Waals surface area contributed by atoms with Crippen molar-refractivity contribution in [3.05, 3.63) is 36.5 Å². The van der Waals surface area contributed by atoms with E-state index < -0.39 is 67.4 Å². The molecule has 0 spiro atoms. The molecule has 1 aliphatic heterocycles. The van der Waals surface area contributed by atoms with E-state index >= 15 is 0 Å². The Kier molecular flexibility index (Phi) is 55.3. The fourth-order valence-electron chi connectivity index (χ4n) is 11.0. The fourth-order valence-corrected chi connectivity index (χ4v) is 11.0. The molecule has 1 fully saturated rings. The normalized spacial score (nSPS) is 18.8. The summed E-state index contributed by atoms with van der Waals surface area (Å²) < 4.78 is 17.7. The molecule has 6 N–H and O–H groups in total. The van der Waals surface area contributed by atoms with Crippen molar-refractivity contribution in [2.45, 2.75) is 384 Å². The highest BCUT2D eigenvalue weighted by molar-refractivity contribution is 5.80. The molecule has 0 saturated carbocycles. The van der Waals surface area contributed by atoms with Crippen LogP contribution in [0.25, 0.3) is 0 Å². The number of allylic oxidation sites excluding steroid dienone is 5. The average molecular weight is 1150 g/mol. The SMILES string of the molecule is CCCCCCCC/C=C/CCCCCCCCCCCCC(O)C(=O)NC(COC1OC(CO)C(O)C(O)C1OC(=O)CCCCCCCCCCC/C=C/CCCCCCCC)C(O)/C=C/CCCCCCCCCCCCC. The van der Waals surface area contributed by atoms with Gasteiger partial charge < -0.3 is 45.1 Å². The standard InChI is InChI=1S/C70H131NO10/c1-4-7-10-13-16-19-22-25-27-29-31-33-34-36-39-42-45-48-51-54-57-63(74)69(78)71-61(62(73)56-53-50-47-44-41-38-24-21-18-15-12-9-6-3)60-79-70-68(67(77)66(76)64(59-72)80-70)81-65(75)58-55-52-49-46-43-40-37-35-32-30-28-26-23-20-17-14-11-8-5-2/h25-28,53,56,61-64,66-68,70,72-74,76-77H,4-24,29-52,54-55,57-60H2,1-3H3,(H,71,78)/b27-25+,28-26+,56-53+. The molecule has 0 aromatic rings. The molecule has 11 heteroatoms. The molecule has 81 heavy (non-hydrogen) atoms. The van der Waals surface area contributed by atoms with E-state index in [1.807, 2.05) is 6.08 Å². The zero-order chi connectivity index (χ0) is 58.9. The van der Waals surface area contributed by atoms with Crippen LogP contribution in [0.3, 0.4) is 0 Å². The van der Waals surface area contributed by atoms with E-state index in [0.717, 1.165) is 57.8 Å². The van der Waals surface area contributed by atoms with Crippen LogP contribution in [-0.4, -0.2) is 99.6 Å². The van der Waals surface area contributed by atoms with Gasteiger partial charge in [0.25, 0.3) is 0 Å². The Labute approximate surface area is 498 Å². The minimum atomic E-state index is -1.61. The molecule has 0 aromatic carbocycles. The summed E-state index contributed by atoms with van der Waals surface area (Å²) in [4.78, 5) is 26.7. The van der Waals surface area contributed by atoms with Crippen LogP contribution in [0.5, 0.6) is 0 Å². The number of aliphatic hydroxyl groups excluding tert-OH is 5. The zero-order valence-corrected chi connectivity index (χ0v) is 52.9. The van der Waals surface area contributed by atoms with Crippen molar-refractivity contribution in [2.75, 3.05) is 13.2 Å². The van der Waals surface area contributed by atoms with Crippen LogP contribution in [0, 0.1) is 0 Å². The molecule has 1 amide bonds. The monoisotopic (exact) mass is 1150 g/mol. The molecule has 1 saturated heterocycles. The summed E-state index contributed by atoms with van der Waals surface area (Å²) in [5.74, 6) is -1.18. The third-order valence-corrected chi connectivity index (χ3v) is 16.5. The van der Waals surface area contributed by atoms with E-state index in [2.05, 4.69) is 50.4 Å². The van der Waals surface area contributed by atoms with Crippen molar-refractivity contribution in [2.24, 2.45) is 0 Å². The van der Waals surface area contributed by atoms with Crippen molar-refractivity contribution in [3.8, 4) is 0 Å². The van der Waals surface area contributed by atoms with Crippen LogP contribution in [0.15, 0.2) is 36.5 Å². The van der Waals surface area contributed by atoms with E-state index in [9.17, 15) is 35.1 Å². The van der Waals surface area contributed by atoms with E-state index in [-0.39, 0.29) is 13.0 Å². The number of nitrogens with one attached hydrogen (secondary N) is 1. The summed E-state index contributed by atoms with van der Waals surface area (Å²) in [7, 11) is 0. The topological polar surface area (TPSA) is 175 Å². The summed E-state index contributed by atoms with van der Waals surface area (Å²) in [5, 5.41) is 57.2. The predicted molar refractivity (Wildman–Crippen MR) is 338 cm³/mol. The number of hydrogen-bond donors (Lipinski definition) is 6. The van der Waals surface area contributed by atoms with Crippen LogP contribution in [0.2, 0.25) is 0 Å². The van der Waals surface area contributed by atoms with Gasteiger partial charge in [0.2, 0.25) is 5.91 Å². The highest BCUT2D eigenvalue weighted by Gasteiger charge is 2.47. The van der Waals surface area contributed by atoms with Crippen molar-refractivity contribution in [1.82, 2.24) is 5.32 Å². The quantitative estimate of drug-likeness (QED) is 0.0195. The molecule has 476 valence electrons. The van der Waals surface area contributed by atoms with Crippen LogP contribution in [0.1, 0.15) is 335 Å². The second-order valence-electron chi connectivity index (χ2n) is 24.3. The minimum Gasteiger partial charge on any atom is -0.454 e. The Balaban J connectivity index is 2.62. The molecular formula is C70H131NO10. The highest BCUT2D eigenvalue weighted by Crippen LogP contribution is 2.26. The fraction of sp³-hybridized carbons (Fsp3) is 0.886. The summed E-state index contributed by atoms with van der Waals surface area (Å²) >= 11 is 0. The maximum Gasteiger partial charge on any atom is 0.306 e. The molecule has 0 bridgehead atoms. The van der Waals surface area contributed by atoms with Gasteiger partial charge in [-0.3, -0.25) is 9.59 Å². The predicted octanol–water partition coefficient (Wildman–Crippen LogP) is 17.4. The van der Waals surface area contributed by atoms with Gasteiger partial charge in [-0.25, -0.2) is 0 Å². The number of ether oxygens (including phenoxy) is 3. The van der Waals surface area contributed by atoms with Crippen LogP contribution in [-0.2, 0) is 23.8 Å². The molecule has 8 unspecified atom stereocenters. The summed E-state index contributed by atoms with van der Waals surface area (Å²) in [5.41, 5.74) is 0. The third-order valence-electron chi connectivity index (χ3n) is 16.5. The molecule has 8 atom stereocenters. The lowest BCUT2D eigenvalue weighted by Gasteiger charge is -2.41. The van der Waals surface area contributed by atoms with Gasteiger partial charge in [0, 0.05) is 6.42 Å². The second kappa shape index (κ2) is 58.3. The van der Waals surface area contributed by atoms with E-state index in [4.69, 9.17) is 14.2 Å². The number of aliphatic hydroxyl groups is 5. The van der Waals surface area contributed by atoms with Gasteiger partial charge >= 0.3 is 5.97 Å². The number of esters is 1. The first-order chi connectivity index (χ1) is 39.7. The maximum atomic E-state index is 13.5. The first-order valence-corrected chi connectivity index (χ1v) is 34.8.